The summed E-state index contributed by atoms with van der Waals surface area (Å²) in [5.41, 5.74) is 0. The van der Waals surface area contributed by atoms with Gasteiger partial charge in [0.25, 0.3) is 0 Å². The van der Waals surface area contributed by atoms with Crippen LogP contribution in [0.25, 0.3) is 6.08 Å². The Morgan fingerprint density at radius 3 is 2.80 bits per heavy atom. The van der Waals surface area contributed by atoms with E-state index in [2.05, 4.69) is 17.0 Å². The van der Waals surface area contributed by atoms with Crippen LogP contribution in [0.15, 0.2) is 18.2 Å². The van der Waals surface area contributed by atoms with Crippen LogP contribution in [-0.2, 0) is 0 Å². The number of allylic oxidation sites excluding steroid dienone is 1. The number of hydrogen-bond donors (Lipinski definition) is 0. The minimum atomic E-state index is 1.16. The fourth-order valence-electron chi connectivity index (χ4n) is 1.84. The van der Waals surface area contributed by atoms with Crippen molar-refractivity contribution in [3.05, 3.63) is 23.1 Å². The molecule has 2 nitrogen and oxygen atoms in total. The third kappa shape index (κ3) is 2.60. The Hall–Kier alpha value is -1.27. The lowest BCUT2D eigenvalue weighted by atomic mass is 10.1. The molecule has 0 N–H and O–H groups in total. The minimum Gasteiger partial charge on any atom is -0.363 e. The monoisotopic (exact) mass is 218 g/mol. The predicted molar refractivity (Wildman–Crippen MR) is 65.0 cm³/mol. The summed E-state index contributed by atoms with van der Waals surface area (Å²) in [5, 5.41) is 9.78. The Kier molecular flexibility index (Phi) is 3.41. The van der Waals surface area contributed by atoms with Crippen LogP contribution >= 0.6 is 11.3 Å². The molecule has 1 aromatic rings. The Balaban J connectivity index is 2.06. The molecule has 0 amide bonds. The van der Waals surface area contributed by atoms with E-state index in [1.165, 1.54) is 43.4 Å². The van der Waals surface area contributed by atoms with E-state index in [9.17, 15) is 0 Å². The van der Waals surface area contributed by atoms with Crippen molar-refractivity contribution in [3.8, 4) is 6.07 Å². The van der Waals surface area contributed by atoms with Gasteiger partial charge in [0.05, 0.1) is 11.1 Å². The molecule has 1 saturated heterocycles. The molecule has 0 atom stereocenters. The number of anilines is 1. The van der Waals surface area contributed by atoms with Crippen molar-refractivity contribution in [1.29, 1.82) is 5.26 Å². The van der Waals surface area contributed by atoms with E-state index >= 15 is 0 Å². The molecule has 0 bridgehead atoms. The standard InChI is InChI=1S/C12H14N2S/c13-8-4-5-11-6-7-12(15-11)14-9-2-1-3-10-14/h4-7H,1-3,9-10H2/b5-4+. The van der Waals surface area contributed by atoms with E-state index in [4.69, 9.17) is 5.26 Å². The molecule has 78 valence electrons. The van der Waals surface area contributed by atoms with Gasteiger partial charge in [-0.1, -0.05) is 0 Å². The highest BCUT2D eigenvalue weighted by molar-refractivity contribution is 7.16. The van der Waals surface area contributed by atoms with E-state index in [0.717, 1.165) is 4.88 Å². The van der Waals surface area contributed by atoms with Crippen molar-refractivity contribution in [2.75, 3.05) is 18.0 Å². The molecule has 15 heavy (non-hydrogen) atoms. The Morgan fingerprint density at radius 1 is 1.27 bits per heavy atom. The lowest BCUT2D eigenvalue weighted by molar-refractivity contribution is 0.580. The Morgan fingerprint density at radius 2 is 2.07 bits per heavy atom. The van der Waals surface area contributed by atoms with E-state index in [1.54, 1.807) is 11.3 Å². The quantitative estimate of drug-likeness (QED) is 0.712. The lowest BCUT2D eigenvalue weighted by Crippen LogP contribution is -2.28. The second kappa shape index (κ2) is 4.99. The smallest absolute Gasteiger partial charge is 0.0914 e. The number of rotatable bonds is 2. The highest BCUT2D eigenvalue weighted by Crippen LogP contribution is 2.29. The first kappa shape index (κ1) is 10.3. The molecule has 0 radical (unpaired) electrons. The first-order chi connectivity index (χ1) is 7.40. The molecule has 1 aliphatic heterocycles. The molecule has 2 heterocycles. The normalized spacial score (nSPS) is 16.9. The number of nitriles is 1. The SMILES string of the molecule is N#C/C=C/c1ccc(N2CCCCC2)s1. The summed E-state index contributed by atoms with van der Waals surface area (Å²) in [6, 6.07) is 6.26. The molecule has 1 fully saturated rings. The maximum atomic E-state index is 8.44. The number of thiophene rings is 1. The van der Waals surface area contributed by atoms with Crippen LogP contribution in [0.1, 0.15) is 24.1 Å². The first-order valence-electron chi connectivity index (χ1n) is 5.31. The van der Waals surface area contributed by atoms with Gasteiger partial charge in [0.15, 0.2) is 0 Å². The molecule has 0 aliphatic carbocycles. The van der Waals surface area contributed by atoms with Crippen molar-refractivity contribution in [2.24, 2.45) is 0 Å². The molecule has 1 aromatic heterocycles. The van der Waals surface area contributed by atoms with Crippen molar-refractivity contribution in [3.63, 3.8) is 0 Å². The third-order valence-electron chi connectivity index (χ3n) is 2.60. The van der Waals surface area contributed by atoms with Crippen LogP contribution in [0.3, 0.4) is 0 Å². The molecular weight excluding hydrogens is 204 g/mol. The molecule has 0 spiro atoms. The van der Waals surface area contributed by atoms with Crippen LogP contribution in [0.4, 0.5) is 5.00 Å². The van der Waals surface area contributed by atoms with Gasteiger partial charge >= 0.3 is 0 Å². The zero-order valence-corrected chi connectivity index (χ0v) is 9.46. The summed E-state index contributed by atoms with van der Waals surface area (Å²) in [4.78, 5) is 3.61. The number of piperidine rings is 1. The molecule has 1 aliphatic rings. The molecular formula is C12H14N2S. The fourth-order valence-corrected chi connectivity index (χ4v) is 2.80. The van der Waals surface area contributed by atoms with E-state index in [0.29, 0.717) is 0 Å². The zero-order chi connectivity index (χ0) is 10.5. The maximum absolute atomic E-state index is 8.44. The van der Waals surface area contributed by atoms with Gasteiger partial charge in [0.1, 0.15) is 0 Å². The topological polar surface area (TPSA) is 27.0 Å². The maximum Gasteiger partial charge on any atom is 0.0914 e. The van der Waals surface area contributed by atoms with Gasteiger partial charge in [-0.2, -0.15) is 5.26 Å². The van der Waals surface area contributed by atoms with E-state index in [-0.39, 0.29) is 0 Å². The molecule has 3 heteroatoms. The minimum absolute atomic E-state index is 1.16. The summed E-state index contributed by atoms with van der Waals surface area (Å²) < 4.78 is 0. The largest absolute Gasteiger partial charge is 0.363 e. The Labute approximate surface area is 94.4 Å². The van der Waals surface area contributed by atoms with Gasteiger partial charge in [0.2, 0.25) is 0 Å². The van der Waals surface area contributed by atoms with E-state index in [1.807, 2.05) is 12.1 Å². The Bertz CT molecular complexity index is 381. The van der Waals surface area contributed by atoms with Crippen molar-refractivity contribution < 1.29 is 0 Å². The van der Waals surface area contributed by atoms with Gasteiger partial charge < -0.3 is 4.90 Å². The van der Waals surface area contributed by atoms with Gasteiger partial charge in [-0.15, -0.1) is 11.3 Å². The second-order valence-electron chi connectivity index (χ2n) is 3.69. The fraction of sp³-hybridized carbons (Fsp3) is 0.417. The average Bonchev–Trinajstić information content (AvgIpc) is 2.76. The van der Waals surface area contributed by atoms with E-state index < -0.39 is 0 Å². The summed E-state index contributed by atoms with van der Waals surface area (Å²) in [6.07, 6.45) is 7.38. The summed E-state index contributed by atoms with van der Waals surface area (Å²) in [5.74, 6) is 0. The van der Waals surface area contributed by atoms with Crippen molar-refractivity contribution in [2.45, 2.75) is 19.3 Å². The number of hydrogen-bond acceptors (Lipinski definition) is 3. The van der Waals surface area contributed by atoms with Crippen molar-refractivity contribution in [1.82, 2.24) is 0 Å². The summed E-state index contributed by atoms with van der Waals surface area (Å²) >= 11 is 1.77. The van der Waals surface area contributed by atoms with Crippen LogP contribution in [0.2, 0.25) is 0 Å². The highest BCUT2D eigenvalue weighted by Gasteiger charge is 2.11. The summed E-state index contributed by atoms with van der Waals surface area (Å²) in [7, 11) is 0. The average molecular weight is 218 g/mol. The second-order valence-corrected chi connectivity index (χ2v) is 4.78. The first-order valence-corrected chi connectivity index (χ1v) is 6.13. The molecule has 2 rings (SSSR count). The highest BCUT2D eigenvalue weighted by atomic mass is 32.1. The van der Waals surface area contributed by atoms with Gasteiger partial charge in [-0.05, 0) is 37.5 Å². The van der Waals surface area contributed by atoms with Crippen LogP contribution in [0.5, 0.6) is 0 Å². The zero-order valence-electron chi connectivity index (χ0n) is 8.65. The molecule has 0 unspecified atom stereocenters. The lowest BCUT2D eigenvalue weighted by Gasteiger charge is -2.27. The van der Waals surface area contributed by atoms with Gasteiger partial charge in [-0.3, -0.25) is 0 Å². The molecule has 0 aromatic carbocycles. The molecule has 0 saturated carbocycles. The summed E-state index contributed by atoms with van der Waals surface area (Å²) in [6.45, 7) is 2.36. The third-order valence-corrected chi connectivity index (χ3v) is 3.71. The van der Waals surface area contributed by atoms with Gasteiger partial charge in [-0.25, -0.2) is 0 Å². The van der Waals surface area contributed by atoms with Crippen LogP contribution in [0, 0.1) is 11.3 Å². The van der Waals surface area contributed by atoms with Crippen molar-refractivity contribution >= 4 is 22.4 Å². The van der Waals surface area contributed by atoms with Gasteiger partial charge in [0, 0.05) is 24.0 Å². The predicted octanol–water partition coefficient (Wildman–Crippen LogP) is 3.28. The number of nitrogens with zero attached hydrogens (tertiary/aromatic N) is 2. The van der Waals surface area contributed by atoms with Crippen LogP contribution in [-0.4, -0.2) is 13.1 Å². The van der Waals surface area contributed by atoms with Crippen LogP contribution < -0.4 is 4.90 Å².